The Balaban J connectivity index is 1.97. The van der Waals surface area contributed by atoms with E-state index in [1.807, 2.05) is 6.07 Å². The van der Waals surface area contributed by atoms with Gasteiger partial charge in [-0.25, -0.2) is 4.98 Å². The molecule has 0 amide bonds. The van der Waals surface area contributed by atoms with E-state index in [0.717, 1.165) is 0 Å². The van der Waals surface area contributed by atoms with Gasteiger partial charge in [-0.15, -0.1) is 0 Å². The highest BCUT2D eigenvalue weighted by molar-refractivity contribution is 8.00. The monoisotopic (exact) mass is 402 g/mol. The Kier molecular flexibility index (Phi) is 6.31. The normalized spacial score (nSPS) is 12.3. The van der Waals surface area contributed by atoms with Gasteiger partial charge in [0.25, 0.3) is 5.56 Å². The number of nitrogens with zero attached hydrogens (tertiary/aromatic N) is 2. The number of aromatic nitrogens is 2. The van der Waals surface area contributed by atoms with Gasteiger partial charge in [-0.1, -0.05) is 47.6 Å². The molecule has 140 valence electrons. The Hall–Kier alpha value is -2.15. The van der Waals surface area contributed by atoms with Crippen molar-refractivity contribution in [1.29, 1.82) is 0 Å². The topological polar surface area (TPSA) is 72.2 Å². The Bertz CT molecular complexity index is 1040. The summed E-state index contributed by atoms with van der Waals surface area (Å²) in [7, 11) is 0. The molecule has 0 spiro atoms. The van der Waals surface area contributed by atoms with E-state index in [9.17, 15) is 9.59 Å². The average Bonchev–Trinajstić information content (AvgIpc) is 2.67. The summed E-state index contributed by atoms with van der Waals surface area (Å²) in [6.45, 7) is 2.10. The van der Waals surface area contributed by atoms with Gasteiger partial charge in [-0.05, 0) is 37.6 Å². The minimum absolute atomic E-state index is 0.0274. The van der Waals surface area contributed by atoms with Gasteiger partial charge in [0.05, 0.1) is 16.2 Å². The molecule has 0 radical (unpaired) electrons. The molecule has 0 fully saturated rings. The molecular weight excluding hydrogens is 384 g/mol. The number of Topliss-reactive ketones (excluding diaryl/α,β-unsaturated/α-hetero) is 1. The van der Waals surface area contributed by atoms with Crippen molar-refractivity contribution in [2.24, 2.45) is 0 Å². The van der Waals surface area contributed by atoms with Crippen LogP contribution in [0.3, 0.4) is 0 Å². The highest BCUT2D eigenvalue weighted by Crippen LogP contribution is 2.26. The summed E-state index contributed by atoms with van der Waals surface area (Å²) in [6.07, 6.45) is 0.435. The maximum Gasteiger partial charge on any atom is 0.262 e. The summed E-state index contributed by atoms with van der Waals surface area (Å²) >= 11 is 7.22. The molecule has 1 N–H and O–H groups in total. The predicted molar refractivity (Wildman–Crippen MR) is 109 cm³/mol. The summed E-state index contributed by atoms with van der Waals surface area (Å²) in [5, 5.41) is 10.2. The van der Waals surface area contributed by atoms with Crippen LogP contribution < -0.4 is 5.56 Å². The fourth-order valence-corrected chi connectivity index (χ4v) is 3.95. The molecule has 27 heavy (non-hydrogen) atoms. The van der Waals surface area contributed by atoms with Gasteiger partial charge in [-0.2, -0.15) is 0 Å². The van der Waals surface area contributed by atoms with E-state index in [4.69, 9.17) is 16.7 Å². The van der Waals surface area contributed by atoms with Crippen LogP contribution in [0.1, 0.15) is 23.7 Å². The first-order valence-electron chi connectivity index (χ1n) is 8.58. The second kappa shape index (κ2) is 8.69. The summed E-state index contributed by atoms with van der Waals surface area (Å²) in [6, 6.07) is 13.9. The number of thioether (sulfide) groups is 1. The van der Waals surface area contributed by atoms with Gasteiger partial charge in [0.1, 0.15) is 0 Å². The van der Waals surface area contributed by atoms with Crippen molar-refractivity contribution < 1.29 is 9.90 Å². The zero-order chi connectivity index (χ0) is 19.4. The van der Waals surface area contributed by atoms with E-state index in [-0.39, 0.29) is 17.9 Å². The maximum atomic E-state index is 12.8. The molecule has 3 rings (SSSR count). The van der Waals surface area contributed by atoms with E-state index in [1.54, 1.807) is 49.4 Å². The predicted octanol–water partition coefficient (Wildman–Crippen LogP) is 3.80. The summed E-state index contributed by atoms with van der Waals surface area (Å²) in [5.74, 6) is -0.0846. The van der Waals surface area contributed by atoms with E-state index in [2.05, 4.69) is 4.98 Å². The van der Waals surface area contributed by atoms with Crippen molar-refractivity contribution in [3.05, 3.63) is 69.5 Å². The number of carbonyl (C=O) groups excluding carboxylic acids is 1. The molecule has 3 aromatic rings. The van der Waals surface area contributed by atoms with Gasteiger partial charge < -0.3 is 5.11 Å². The van der Waals surface area contributed by atoms with E-state index >= 15 is 0 Å². The van der Waals surface area contributed by atoms with E-state index in [0.29, 0.717) is 39.6 Å². The third-order valence-corrected chi connectivity index (χ3v) is 5.45. The standard InChI is InChI=1S/C20H19ClN2O3S/c1-13(18(25)14-6-4-7-15(21)12-14)27-20-22-17-9-3-2-8-16(17)19(26)23(20)10-5-11-24/h2-4,6-9,12-13,24H,5,10-11H2,1H3. The minimum Gasteiger partial charge on any atom is -0.396 e. The SMILES string of the molecule is CC(Sc1nc2ccccc2c(=O)n1CCCO)C(=O)c1cccc(Cl)c1. The van der Waals surface area contributed by atoms with Crippen LogP contribution in [0.5, 0.6) is 0 Å². The third kappa shape index (κ3) is 4.40. The largest absolute Gasteiger partial charge is 0.396 e. The molecule has 2 aromatic carbocycles. The summed E-state index contributed by atoms with van der Waals surface area (Å²) in [4.78, 5) is 30.2. The summed E-state index contributed by atoms with van der Waals surface area (Å²) in [5.41, 5.74) is 0.944. The van der Waals surface area contributed by atoms with Crippen molar-refractivity contribution in [2.75, 3.05) is 6.61 Å². The van der Waals surface area contributed by atoms with Crippen molar-refractivity contribution in [3.63, 3.8) is 0 Å². The number of ketones is 1. The third-order valence-electron chi connectivity index (χ3n) is 4.13. The van der Waals surface area contributed by atoms with Crippen LogP contribution >= 0.6 is 23.4 Å². The molecule has 7 heteroatoms. The van der Waals surface area contributed by atoms with E-state index in [1.165, 1.54) is 16.3 Å². The quantitative estimate of drug-likeness (QED) is 0.369. The summed E-state index contributed by atoms with van der Waals surface area (Å²) < 4.78 is 1.53. The Morgan fingerprint density at radius 2 is 2.04 bits per heavy atom. The lowest BCUT2D eigenvalue weighted by atomic mass is 10.1. The lowest BCUT2D eigenvalue weighted by Crippen LogP contribution is -2.25. The highest BCUT2D eigenvalue weighted by Gasteiger charge is 2.20. The molecule has 0 aliphatic carbocycles. The van der Waals surface area contributed by atoms with Crippen LogP contribution in [0.4, 0.5) is 0 Å². The van der Waals surface area contributed by atoms with Crippen LogP contribution in [0.25, 0.3) is 10.9 Å². The molecule has 1 heterocycles. The van der Waals surface area contributed by atoms with Gasteiger partial charge in [0.2, 0.25) is 0 Å². The number of halogens is 1. The maximum absolute atomic E-state index is 12.8. The van der Waals surface area contributed by atoms with Gasteiger partial charge in [-0.3, -0.25) is 14.2 Å². The molecule has 1 unspecified atom stereocenters. The smallest absolute Gasteiger partial charge is 0.262 e. The lowest BCUT2D eigenvalue weighted by Gasteiger charge is -2.15. The molecule has 1 atom stereocenters. The highest BCUT2D eigenvalue weighted by atomic mass is 35.5. The number of aliphatic hydroxyl groups excluding tert-OH is 1. The number of fused-ring (bicyclic) bond motifs is 1. The van der Waals surface area contributed by atoms with Crippen LogP contribution in [0, 0.1) is 0 Å². The molecular formula is C20H19ClN2O3S. The van der Waals surface area contributed by atoms with Crippen LogP contribution in [-0.4, -0.2) is 32.3 Å². The van der Waals surface area contributed by atoms with Crippen molar-refractivity contribution in [3.8, 4) is 0 Å². The molecule has 0 bridgehead atoms. The minimum atomic E-state index is -0.447. The lowest BCUT2D eigenvalue weighted by molar-refractivity contribution is 0.0993. The first kappa shape index (κ1) is 19.6. The molecule has 1 aromatic heterocycles. The Morgan fingerprint density at radius 1 is 1.26 bits per heavy atom. The Labute approximate surface area is 166 Å². The number of hydrogen-bond donors (Lipinski definition) is 1. The number of para-hydroxylation sites is 1. The van der Waals surface area contributed by atoms with Gasteiger partial charge in [0, 0.05) is 23.7 Å². The molecule has 0 aliphatic heterocycles. The first-order chi connectivity index (χ1) is 13.0. The number of rotatable bonds is 7. The van der Waals surface area contributed by atoms with Crippen LogP contribution in [-0.2, 0) is 6.54 Å². The second-order valence-electron chi connectivity index (χ2n) is 6.08. The number of aliphatic hydroxyl groups is 1. The molecule has 0 aliphatic rings. The van der Waals surface area contributed by atoms with Crippen molar-refractivity contribution >= 4 is 40.0 Å². The zero-order valence-corrected chi connectivity index (χ0v) is 16.3. The first-order valence-corrected chi connectivity index (χ1v) is 9.84. The molecule has 0 saturated heterocycles. The number of hydrogen-bond acceptors (Lipinski definition) is 5. The van der Waals surface area contributed by atoms with Crippen LogP contribution in [0.15, 0.2) is 58.5 Å². The van der Waals surface area contributed by atoms with Gasteiger partial charge in [0.15, 0.2) is 10.9 Å². The van der Waals surface area contributed by atoms with E-state index < -0.39 is 5.25 Å². The van der Waals surface area contributed by atoms with Crippen molar-refractivity contribution in [2.45, 2.75) is 30.3 Å². The Morgan fingerprint density at radius 3 is 2.78 bits per heavy atom. The fourth-order valence-electron chi connectivity index (χ4n) is 2.75. The van der Waals surface area contributed by atoms with Crippen LogP contribution in [0.2, 0.25) is 5.02 Å². The van der Waals surface area contributed by atoms with Crippen molar-refractivity contribution in [1.82, 2.24) is 9.55 Å². The number of carbonyl (C=O) groups is 1. The molecule has 5 nitrogen and oxygen atoms in total. The number of benzene rings is 2. The van der Waals surface area contributed by atoms with Gasteiger partial charge >= 0.3 is 0 Å². The molecule has 0 saturated carbocycles. The average molecular weight is 403 g/mol. The fraction of sp³-hybridized carbons (Fsp3) is 0.250. The second-order valence-corrected chi connectivity index (χ2v) is 7.82. The zero-order valence-electron chi connectivity index (χ0n) is 14.8.